The number of hydrogen-bond acceptors (Lipinski definition) is 3. The van der Waals surface area contributed by atoms with Crippen molar-refractivity contribution in [2.24, 2.45) is 0 Å². The molecule has 1 N–H and O–H groups in total. The summed E-state index contributed by atoms with van der Waals surface area (Å²) < 4.78 is 6.57. The quantitative estimate of drug-likeness (QED) is 0.923. The molecule has 0 radical (unpaired) electrons. The minimum atomic E-state index is -0.524. The average Bonchev–Trinajstić information content (AvgIpc) is 2.93. The second-order valence-electron chi connectivity index (χ2n) is 4.70. The van der Waals surface area contributed by atoms with E-state index >= 15 is 0 Å². The van der Waals surface area contributed by atoms with Crippen molar-refractivity contribution in [2.45, 2.75) is 32.5 Å². The number of likely N-dealkylation sites (tertiary alicyclic amines) is 1. The summed E-state index contributed by atoms with van der Waals surface area (Å²) in [5.41, 5.74) is 0.676. The van der Waals surface area contributed by atoms with Gasteiger partial charge in [0.15, 0.2) is 6.10 Å². The highest BCUT2D eigenvalue weighted by atomic mass is 79.9. The number of carbonyl (C=O) groups is 1. The average molecular weight is 328 g/mol. The summed E-state index contributed by atoms with van der Waals surface area (Å²) in [6, 6.07) is 5.40. The van der Waals surface area contributed by atoms with Gasteiger partial charge in [-0.3, -0.25) is 4.79 Å². The van der Waals surface area contributed by atoms with E-state index in [-0.39, 0.29) is 12.5 Å². The van der Waals surface area contributed by atoms with Gasteiger partial charge in [-0.15, -0.1) is 0 Å². The fraction of sp³-hybridized carbons (Fsp3) is 0.500. The highest BCUT2D eigenvalue weighted by molar-refractivity contribution is 9.10. The lowest BCUT2D eigenvalue weighted by atomic mass is 10.2. The Hall–Kier alpha value is -1.07. The van der Waals surface area contributed by atoms with Crippen molar-refractivity contribution >= 4 is 21.8 Å². The van der Waals surface area contributed by atoms with Crippen LogP contribution in [0.5, 0.6) is 5.75 Å². The molecule has 1 atom stereocenters. The van der Waals surface area contributed by atoms with E-state index in [9.17, 15) is 9.90 Å². The molecule has 1 aromatic carbocycles. The van der Waals surface area contributed by atoms with Gasteiger partial charge in [0.1, 0.15) is 5.75 Å². The first-order valence-electron chi connectivity index (χ1n) is 6.46. The number of nitrogens with zero attached hydrogens (tertiary/aromatic N) is 1. The molecule has 0 saturated carbocycles. The molecule has 1 aliphatic heterocycles. The first-order valence-corrected chi connectivity index (χ1v) is 7.26. The monoisotopic (exact) mass is 327 g/mol. The molecule has 1 heterocycles. The van der Waals surface area contributed by atoms with Crippen molar-refractivity contribution in [3.05, 3.63) is 28.2 Å². The van der Waals surface area contributed by atoms with Crippen LogP contribution >= 0.6 is 15.9 Å². The van der Waals surface area contributed by atoms with Crippen LogP contribution in [0.1, 0.15) is 25.3 Å². The van der Waals surface area contributed by atoms with Crippen LogP contribution in [-0.4, -0.2) is 35.1 Å². The van der Waals surface area contributed by atoms with Crippen LogP contribution in [0, 0.1) is 0 Å². The van der Waals surface area contributed by atoms with Crippen molar-refractivity contribution < 1.29 is 14.6 Å². The minimum Gasteiger partial charge on any atom is -0.481 e. The molecule has 1 fully saturated rings. The number of aliphatic hydroxyl groups excluding tert-OH is 1. The second-order valence-corrected chi connectivity index (χ2v) is 5.62. The van der Waals surface area contributed by atoms with Crippen LogP contribution in [0.25, 0.3) is 0 Å². The molecular weight excluding hydrogens is 310 g/mol. The molecule has 1 amide bonds. The van der Waals surface area contributed by atoms with E-state index < -0.39 is 6.10 Å². The van der Waals surface area contributed by atoms with Crippen LogP contribution in [0.4, 0.5) is 0 Å². The Morgan fingerprint density at radius 3 is 2.79 bits per heavy atom. The van der Waals surface area contributed by atoms with Crippen molar-refractivity contribution in [1.29, 1.82) is 0 Å². The SMILES string of the molecule is CC(Oc1ccc(Br)cc1CO)C(=O)N1CCCC1. The summed E-state index contributed by atoms with van der Waals surface area (Å²) in [5, 5.41) is 9.31. The first-order chi connectivity index (χ1) is 9.11. The van der Waals surface area contributed by atoms with E-state index in [2.05, 4.69) is 15.9 Å². The molecule has 104 valence electrons. The second kappa shape index (κ2) is 6.39. The summed E-state index contributed by atoms with van der Waals surface area (Å²) in [7, 11) is 0. The Morgan fingerprint density at radius 1 is 1.47 bits per heavy atom. The maximum absolute atomic E-state index is 12.1. The normalized spacial score (nSPS) is 16.5. The third-order valence-corrected chi connectivity index (χ3v) is 3.76. The molecule has 1 saturated heterocycles. The zero-order valence-corrected chi connectivity index (χ0v) is 12.5. The summed E-state index contributed by atoms with van der Waals surface area (Å²) in [5.74, 6) is 0.579. The maximum atomic E-state index is 12.1. The number of rotatable bonds is 4. The Balaban J connectivity index is 2.05. The molecule has 4 nitrogen and oxygen atoms in total. The third-order valence-electron chi connectivity index (χ3n) is 3.26. The van der Waals surface area contributed by atoms with Gasteiger partial charge in [-0.25, -0.2) is 0 Å². The van der Waals surface area contributed by atoms with Crippen molar-refractivity contribution in [2.75, 3.05) is 13.1 Å². The van der Waals surface area contributed by atoms with Gasteiger partial charge in [0.2, 0.25) is 0 Å². The molecule has 0 aromatic heterocycles. The van der Waals surface area contributed by atoms with Gasteiger partial charge in [-0.2, -0.15) is 0 Å². The fourth-order valence-corrected chi connectivity index (χ4v) is 2.63. The van der Waals surface area contributed by atoms with Gasteiger partial charge < -0.3 is 14.7 Å². The molecule has 1 unspecified atom stereocenters. The van der Waals surface area contributed by atoms with Crippen molar-refractivity contribution in [3.63, 3.8) is 0 Å². The molecule has 0 bridgehead atoms. The molecule has 1 aliphatic rings. The molecular formula is C14H18BrNO3. The van der Waals surface area contributed by atoms with E-state index in [0.29, 0.717) is 11.3 Å². The fourth-order valence-electron chi connectivity index (χ4n) is 2.22. The summed E-state index contributed by atoms with van der Waals surface area (Å²) in [6.45, 7) is 3.28. The smallest absolute Gasteiger partial charge is 0.263 e. The number of halogens is 1. The van der Waals surface area contributed by atoms with Gasteiger partial charge >= 0.3 is 0 Å². The molecule has 1 aromatic rings. The number of carbonyl (C=O) groups excluding carboxylic acids is 1. The van der Waals surface area contributed by atoms with E-state index in [4.69, 9.17) is 4.74 Å². The molecule has 19 heavy (non-hydrogen) atoms. The van der Waals surface area contributed by atoms with Crippen molar-refractivity contribution in [1.82, 2.24) is 4.90 Å². The van der Waals surface area contributed by atoms with Gasteiger partial charge in [0, 0.05) is 23.1 Å². The maximum Gasteiger partial charge on any atom is 0.263 e. The number of amides is 1. The number of ether oxygens (including phenoxy) is 1. The Labute approximate surface area is 121 Å². The van der Waals surface area contributed by atoms with Gasteiger partial charge in [-0.05, 0) is 38.0 Å². The van der Waals surface area contributed by atoms with Crippen molar-refractivity contribution in [3.8, 4) is 5.75 Å². The summed E-state index contributed by atoms with van der Waals surface area (Å²) >= 11 is 3.34. The largest absolute Gasteiger partial charge is 0.481 e. The predicted molar refractivity (Wildman–Crippen MR) is 76.0 cm³/mol. The number of hydrogen-bond donors (Lipinski definition) is 1. The predicted octanol–water partition coefficient (Wildman–Crippen LogP) is 2.33. The van der Waals surface area contributed by atoms with Gasteiger partial charge in [0.25, 0.3) is 5.91 Å². The summed E-state index contributed by atoms with van der Waals surface area (Å²) in [6.07, 6.45) is 1.61. The first kappa shape index (κ1) is 14.3. The van der Waals surface area contributed by atoms with E-state index in [1.165, 1.54) is 0 Å². The van der Waals surface area contributed by atoms with E-state index in [1.807, 2.05) is 11.0 Å². The lowest BCUT2D eigenvalue weighted by molar-refractivity contribution is -0.136. The Kier molecular flexibility index (Phi) is 4.82. The highest BCUT2D eigenvalue weighted by Gasteiger charge is 2.24. The minimum absolute atomic E-state index is 0.0179. The van der Waals surface area contributed by atoms with Gasteiger partial charge in [0.05, 0.1) is 6.61 Å². The number of aliphatic hydroxyl groups is 1. The van der Waals surface area contributed by atoms with E-state index in [1.54, 1.807) is 19.1 Å². The highest BCUT2D eigenvalue weighted by Crippen LogP contribution is 2.24. The Morgan fingerprint density at radius 2 is 2.16 bits per heavy atom. The zero-order valence-electron chi connectivity index (χ0n) is 10.9. The summed E-state index contributed by atoms with van der Waals surface area (Å²) in [4.78, 5) is 14.0. The lowest BCUT2D eigenvalue weighted by Crippen LogP contribution is -2.38. The lowest BCUT2D eigenvalue weighted by Gasteiger charge is -2.22. The van der Waals surface area contributed by atoms with Crippen LogP contribution in [0.2, 0.25) is 0 Å². The third kappa shape index (κ3) is 3.48. The van der Waals surface area contributed by atoms with Crippen LogP contribution in [0.3, 0.4) is 0 Å². The van der Waals surface area contributed by atoms with Crippen LogP contribution in [-0.2, 0) is 11.4 Å². The molecule has 0 spiro atoms. The molecule has 2 rings (SSSR count). The molecule has 0 aliphatic carbocycles. The molecule has 5 heteroatoms. The standard InChI is InChI=1S/C14H18BrNO3/c1-10(14(18)16-6-2-3-7-16)19-13-5-4-12(15)8-11(13)9-17/h4-5,8,10,17H,2-3,6-7,9H2,1H3. The van der Waals surface area contributed by atoms with Gasteiger partial charge in [-0.1, -0.05) is 15.9 Å². The Bertz CT molecular complexity index is 458. The van der Waals surface area contributed by atoms with E-state index in [0.717, 1.165) is 30.4 Å². The zero-order chi connectivity index (χ0) is 13.8. The topological polar surface area (TPSA) is 49.8 Å². The van der Waals surface area contributed by atoms with Crippen LogP contribution in [0.15, 0.2) is 22.7 Å². The number of benzene rings is 1. The van der Waals surface area contributed by atoms with Crippen LogP contribution < -0.4 is 4.74 Å².